The summed E-state index contributed by atoms with van der Waals surface area (Å²) in [6, 6.07) is 7.20. The minimum Gasteiger partial charge on any atom is -0.508 e. The Balaban J connectivity index is 1.47. The standard InChI is InChI=1S/C18H26N4O3/c19-18(25)14-2-1-7-22(12-14)17(24)13-20-8-10-21(11-9-20)15-3-5-16(23)6-4-15/h3-6,14,23H,1-2,7-13H2,(H2,19,25). The molecule has 0 bridgehead atoms. The first-order chi connectivity index (χ1) is 12.0. The van der Waals surface area contributed by atoms with E-state index in [0.29, 0.717) is 13.1 Å². The van der Waals surface area contributed by atoms with E-state index < -0.39 is 0 Å². The largest absolute Gasteiger partial charge is 0.508 e. The van der Waals surface area contributed by atoms with Crippen molar-refractivity contribution in [1.82, 2.24) is 9.80 Å². The summed E-state index contributed by atoms with van der Waals surface area (Å²) in [6.07, 6.45) is 1.62. The van der Waals surface area contributed by atoms with Crippen molar-refractivity contribution < 1.29 is 14.7 Å². The number of carbonyl (C=O) groups excluding carboxylic acids is 2. The van der Waals surface area contributed by atoms with E-state index in [9.17, 15) is 14.7 Å². The zero-order chi connectivity index (χ0) is 17.8. The molecule has 2 aliphatic rings. The summed E-state index contributed by atoms with van der Waals surface area (Å²) in [4.78, 5) is 30.1. The van der Waals surface area contributed by atoms with Crippen LogP contribution in [0.2, 0.25) is 0 Å². The molecule has 25 heavy (non-hydrogen) atoms. The molecule has 0 spiro atoms. The fraction of sp³-hybridized carbons (Fsp3) is 0.556. The van der Waals surface area contributed by atoms with Crippen LogP contribution in [0.5, 0.6) is 5.75 Å². The van der Waals surface area contributed by atoms with Gasteiger partial charge in [-0.05, 0) is 37.1 Å². The third-order valence-corrected chi connectivity index (χ3v) is 5.12. The van der Waals surface area contributed by atoms with E-state index in [1.54, 1.807) is 17.0 Å². The van der Waals surface area contributed by atoms with E-state index in [4.69, 9.17) is 5.73 Å². The Kier molecular flexibility index (Phi) is 5.43. The second-order valence-corrected chi connectivity index (χ2v) is 6.86. The molecule has 3 N–H and O–H groups in total. The second kappa shape index (κ2) is 7.74. The van der Waals surface area contributed by atoms with Gasteiger partial charge >= 0.3 is 0 Å². The van der Waals surface area contributed by atoms with Crippen LogP contribution in [0.4, 0.5) is 5.69 Å². The lowest BCUT2D eigenvalue weighted by atomic mass is 9.97. The molecule has 1 atom stereocenters. The summed E-state index contributed by atoms with van der Waals surface area (Å²) in [5, 5.41) is 9.38. The van der Waals surface area contributed by atoms with Gasteiger partial charge in [-0.25, -0.2) is 0 Å². The van der Waals surface area contributed by atoms with E-state index >= 15 is 0 Å². The smallest absolute Gasteiger partial charge is 0.236 e. The van der Waals surface area contributed by atoms with Crippen LogP contribution >= 0.6 is 0 Å². The molecule has 7 heteroatoms. The molecule has 2 heterocycles. The van der Waals surface area contributed by atoms with E-state index in [0.717, 1.165) is 51.3 Å². The minimum absolute atomic E-state index is 0.0871. The zero-order valence-electron chi connectivity index (χ0n) is 14.4. The van der Waals surface area contributed by atoms with Crippen LogP contribution in [0.25, 0.3) is 0 Å². The Labute approximate surface area is 148 Å². The average molecular weight is 346 g/mol. The van der Waals surface area contributed by atoms with Gasteiger partial charge in [-0.2, -0.15) is 0 Å². The number of amides is 2. The van der Waals surface area contributed by atoms with Crippen molar-refractivity contribution in [2.24, 2.45) is 11.7 Å². The number of primary amides is 1. The molecule has 2 amide bonds. The van der Waals surface area contributed by atoms with Crippen molar-refractivity contribution in [1.29, 1.82) is 0 Å². The molecular formula is C18H26N4O3. The Morgan fingerprint density at radius 1 is 1.08 bits per heavy atom. The Morgan fingerprint density at radius 3 is 2.40 bits per heavy atom. The third-order valence-electron chi connectivity index (χ3n) is 5.12. The molecule has 0 saturated carbocycles. The first kappa shape index (κ1) is 17.5. The highest BCUT2D eigenvalue weighted by atomic mass is 16.3. The molecule has 1 unspecified atom stereocenters. The first-order valence-electron chi connectivity index (χ1n) is 8.86. The van der Waals surface area contributed by atoms with Crippen molar-refractivity contribution in [3.63, 3.8) is 0 Å². The Morgan fingerprint density at radius 2 is 1.76 bits per heavy atom. The summed E-state index contributed by atoms with van der Waals surface area (Å²) in [6.45, 7) is 4.91. The van der Waals surface area contributed by atoms with Crippen molar-refractivity contribution in [3.8, 4) is 5.75 Å². The molecule has 2 saturated heterocycles. The number of phenolic OH excluding ortho intramolecular Hbond substituents is 1. The summed E-state index contributed by atoms with van der Waals surface area (Å²) >= 11 is 0. The Bertz CT molecular complexity index is 611. The van der Waals surface area contributed by atoms with Gasteiger partial charge in [0.2, 0.25) is 11.8 Å². The first-order valence-corrected chi connectivity index (χ1v) is 8.86. The lowest BCUT2D eigenvalue weighted by molar-refractivity contribution is -0.136. The number of aromatic hydroxyl groups is 1. The molecule has 1 aromatic rings. The number of hydrogen-bond acceptors (Lipinski definition) is 5. The molecule has 2 fully saturated rings. The van der Waals surface area contributed by atoms with E-state index in [1.807, 2.05) is 12.1 Å². The number of anilines is 1. The maximum Gasteiger partial charge on any atom is 0.236 e. The predicted octanol–water partition coefficient (Wildman–Crippen LogP) is 0.238. The SMILES string of the molecule is NC(=O)C1CCCN(C(=O)CN2CCN(c3ccc(O)cc3)CC2)C1. The number of benzene rings is 1. The number of piperidine rings is 1. The number of hydrogen-bond donors (Lipinski definition) is 2. The maximum absolute atomic E-state index is 12.5. The van der Waals surface area contributed by atoms with E-state index in [2.05, 4.69) is 9.80 Å². The molecule has 0 aliphatic carbocycles. The molecular weight excluding hydrogens is 320 g/mol. The third kappa shape index (κ3) is 4.42. The molecule has 3 rings (SSSR count). The van der Waals surface area contributed by atoms with Crippen LogP contribution in [0.15, 0.2) is 24.3 Å². The van der Waals surface area contributed by atoms with Gasteiger partial charge in [-0.15, -0.1) is 0 Å². The number of nitrogens with two attached hydrogens (primary N) is 1. The minimum atomic E-state index is -0.306. The number of nitrogens with zero attached hydrogens (tertiary/aromatic N) is 3. The highest BCUT2D eigenvalue weighted by Gasteiger charge is 2.28. The lowest BCUT2D eigenvalue weighted by Crippen LogP contribution is -2.52. The molecule has 2 aliphatic heterocycles. The van der Waals surface area contributed by atoms with Gasteiger partial charge < -0.3 is 20.6 Å². The number of carbonyl (C=O) groups is 2. The van der Waals surface area contributed by atoms with Crippen LogP contribution in [0.1, 0.15) is 12.8 Å². The van der Waals surface area contributed by atoms with Crippen LogP contribution in [0, 0.1) is 5.92 Å². The van der Waals surface area contributed by atoms with Gasteiger partial charge in [0.25, 0.3) is 0 Å². The van der Waals surface area contributed by atoms with Gasteiger partial charge in [-0.1, -0.05) is 0 Å². The number of likely N-dealkylation sites (tertiary alicyclic amines) is 1. The van der Waals surface area contributed by atoms with E-state index in [1.165, 1.54) is 0 Å². The van der Waals surface area contributed by atoms with Gasteiger partial charge in [0, 0.05) is 45.0 Å². The molecule has 1 aromatic carbocycles. The summed E-state index contributed by atoms with van der Waals surface area (Å²) < 4.78 is 0. The van der Waals surface area contributed by atoms with Crippen molar-refractivity contribution in [2.75, 3.05) is 50.7 Å². The molecule has 0 radical (unpaired) electrons. The normalized spacial score (nSPS) is 22.0. The van der Waals surface area contributed by atoms with Crippen LogP contribution in [0.3, 0.4) is 0 Å². The van der Waals surface area contributed by atoms with Crippen LogP contribution < -0.4 is 10.6 Å². The summed E-state index contributed by atoms with van der Waals surface area (Å²) in [5.74, 6) is -0.156. The average Bonchev–Trinajstić information content (AvgIpc) is 2.63. The maximum atomic E-state index is 12.5. The van der Waals surface area contributed by atoms with Crippen molar-refractivity contribution in [2.45, 2.75) is 12.8 Å². The highest BCUT2D eigenvalue weighted by molar-refractivity contribution is 5.81. The predicted molar refractivity (Wildman–Crippen MR) is 95.3 cm³/mol. The summed E-state index contributed by atoms with van der Waals surface area (Å²) in [7, 11) is 0. The van der Waals surface area contributed by atoms with Crippen molar-refractivity contribution in [3.05, 3.63) is 24.3 Å². The molecule has 136 valence electrons. The zero-order valence-corrected chi connectivity index (χ0v) is 14.4. The topological polar surface area (TPSA) is 90.1 Å². The van der Waals surface area contributed by atoms with Gasteiger partial charge in [0.15, 0.2) is 0 Å². The quantitative estimate of drug-likeness (QED) is 0.815. The van der Waals surface area contributed by atoms with Gasteiger partial charge in [0.05, 0.1) is 12.5 Å². The van der Waals surface area contributed by atoms with Crippen LogP contribution in [-0.2, 0) is 9.59 Å². The molecule has 7 nitrogen and oxygen atoms in total. The fourth-order valence-corrected chi connectivity index (χ4v) is 3.55. The highest BCUT2D eigenvalue weighted by Crippen LogP contribution is 2.20. The summed E-state index contributed by atoms with van der Waals surface area (Å²) in [5.41, 5.74) is 6.47. The fourth-order valence-electron chi connectivity index (χ4n) is 3.55. The monoisotopic (exact) mass is 346 g/mol. The molecule has 0 aromatic heterocycles. The van der Waals surface area contributed by atoms with Gasteiger partial charge in [-0.3, -0.25) is 14.5 Å². The van der Waals surface area contributed by atoms with E-state index in [-0.39, 0.29) is 23.5 Å². The van der Waals surface area contributed by atoms with Gasteiger partial charge in [0.1, 0.15) is 5.75 Å². The Hall–Kier alpha value is -2.28. The van der Waals surface area contributed by atoms with Crippen molar-refractivity contribution >= 4 is 17.5 Å². The number of rotatable bonds is 4. The number of piperazine rings is 1. The lowest BCUT2D eigenvalue weighted by Gasteiger charge is -2.37. The van der Waals surface area contributed by atoms with Crippen LogP contribution in [-0.4, -0.2) is 72.5 Å². The number of phenols is 1. The second-order valence-electron chi connectivity index (χ2n) is 6.86.